The minimum absolute atomic E-state index is 0.161. The van der Waals surface area contributed by atoms with Crippen LogP contribution in [0, 0.1) is 0 Å². The minimum Gasteiger partial charge on any atom is -0.488 e. The van der Waals surface area contributed by atoms with Crippen LogP contribution in [0.4, 0.5) is 4.79 Å². The largest absolute Gasteiger partial charge is 0.488 e. The van der Waals surface area contributed by atoms with Gasteiger partial charge in [0.15, 0.2) is 0 Å². The quantitative estimate of drug-likeness (QED) is 0.779. The van der Waals surface area contributed by atoms with Crippen molar-refractivity contribution in [3.8, 4) is 5.75 Å². The fourth-order valence-corrected chi connectivity index (χ4v) is 3.23. The van der Waals surface area contributed by atoms with E-state index < -0.39 is 29.8 Å². The summed E-state index contributed by atoms with van der Waals surface area (Å²) in [6.07, 6.45) is 0.0576. The number of carboxylic acids is 1. The molecule has 1 aromatic rings. The van der Waals surface area contributed by atoms with Gasteiger partial charge in [0.05, 0.1) is 6.54 Å². The molecule has 150 valence electrons. The highest BCUT2D eigenvalue weighted by Crippen LogP contribution is 2.34. The number of nitrogens with zero attached hydrogens (tertiary/aromatic N) is 1. The first-order chi connectivity index (χ1) is 12.5. The molecule has 1 fully saturated rings. The summed E-state index contributed by atoms with van der Waals surface area (Å²) in [5.74, 6) is -0.142. The van der Waals surface area contributed by atoms with Crippen LogP contribution >= 0.6 is 11.6 Å². The van der Waals surface area contributed by atoms with E-state index in [4.69, 9.17) is 21.1 Å². The van der Waals surface area contributed by atoms with E-state index >= 15 is 0 Å². The maximum atomic E-state index is 12.4. The zero-order valence-electron chi connectivity index (χ0n) is 16.5. The smallest absolute Gasteiger partial charge is 0.411 e. The third kappa shape index (κ3) is 5.51. The molecule has 1 aliphatic heterocycles. The molecule has 0 aromatic heterocycles. The molecular formula is C20H28ClNO5. The van der Waals surface area contributed by atoms with Gasteiger partial charge in [0, 0.05) is 11.4 Å². The van der Waals surface area contributed by atoms with Crippen molar-refractivity contribution in [2.45, 2.75) is 71.1 Å². The molecule has 0 spiro atoms. The van der Waals surface area contributed by atoms with Crippen LogP contribution in [0.3, 0.4) is 0 Å². The number of halogens is 1. The highest BCUT2D eigenvalue weighted by molar-refractivity contribution is 6.30. The SMILES string of the molecule is CCC(C)c1cc(Cl)ccc1O[C@H]1C[C@@H](C(=O)O)N(C(=O)OC(C)(C)C)C1. The van der Waals surface area contributed by atoms with Crippen molar-refractivity contribution in [3.05, 3.63) is 28.8 Å². The van der Waals surface area contributed by atoms with E-state index in [0.717, 1.165) is 12.0 Å². The number of likely N-dealkylation sites (tertiary alicyclic amines) is 1. The third-order valence-corrected chi connectivity index (χ3v) is 4.82. The molecule has 1 aliphatic rings. The third-order valence-electron chi connectivity index (χ3n) is 4.58. The molecule has 1 unspecified atom stereocenters. The van der Waals surface area contributed by atoms with Gasteiger partial charge >= 0.3 is 12.1 Å². The highest BCUT2D eigenvalue weighted by atomic mass is 35.5. The Bertz CT molecular complexity index is 700. The standard InChI is InChI=1S/C20H28ClNO5/c1-6-12(2)15-9-13(21)7-8-17(15)26-14-10-16(18(23)24)22(11-14)19(25)27-20(3,4)5/h7-9,12,14,16H,6,10-11H2,1-5H3,(H,23,24)/t12?,14-,16-/m0/s1. The molecule has 1 aromatic carbocycles. The summed E-state index contributed by atoms with van der Waals surface area (Å²) >= 11 is 6.12. The number of ether oxygens (including phenoxy) is 2. The van der Waals surface area contributed by atoms with E-state index in [1.165, 1.54) is 4.90 Å². The molecular weight excluding hydrogens is 370 g/mol. The Hall–Kier alpha value is -1.95. The van der Waals surface area contributed by atoms with Crippen molar-refractivity contribution < 1.29 is 24.2 Å². The van der Waals surface area contributed by atoms with Crippen LogP contribution in [-0.2, 0) is 9.53 Å². The molecule has 1 saturated heterocycles. The summed E-state index contributed by atoms with van der Waals surface area (Å²) in [4.78, 5) is 25.3. The van der Waals surface area contributed by atoms with Crippen molar-refractivity contribution in [1.82, 2.24) is 4.90 Å². The molecule has 1 N–H and O–H groups in total. The predicted octanol–water partition coefficient (Wildman–Crippen LogP) is 4.69. The number of aliphatic carboxylic acids is 1. The van der Waals surface area contributed by atoms with Gasteiger partial charge in [-0.25, -0.2) is 9.59 Å². The van der Waals surface area contributed by atoms with Crippen molar-refractivity contribution >= 4 is 23.7 Å². The van der Waals surface area contributed by atoms with Gasteiger partial charge in [0.25, 0.3) is 0 Å². The van der Waals surface area contributed by atoms with E-state index in [9.17, 15) is 14.7 Å². The Morgan fingerprint density at radius 1 is 1.37 bits per heavy atom. The number of carbonyl (C=O) groups excluding carboxylic acids is 1. The van der Waals surface area contributed by atoms with Gasteiger partial charge in [-0.15, -0.1) is 0 Å². The van der Waals surface area contributed by atoms with Gasteiger partial charge < -0.3 is 14.6 Å². The molecule has 0 aliphatic carbocycles. The first-order valence-electron chi connectivity index (χ1n) is 9.20. The van der Waals surface area contributed by atoms with Gasteiger partial charge in [-0.05, 0) is 56.9 Å². The van der Waals surface area contributed by atoms with Crippen LogP contribution in [0.5, 0.6) is 5.75 Å². The number of rotatable bonds is 5. The average molecular weight is 398 g/mol. The van der Waals surface area contributed by atoms with Crippen LogP contribution in [0.2, 0.25) is 5.02 Å². The molecule has 27 heavy (non-hydrogen) atoms. The van der Waals surface area contributed by atoms with E-state index in [2.05, 4.69) is 13.8 Å². The molecule has 0 saturated carbocycles. The van der Waals surface area contributed by atoms with Crippen LogP contribution < -0.4 is 4.74 Å². The molecule has 0 radical (unpaired) electrons. The number of carboxylic acid groups (broad SMARTS) is 1. The Morgan fingerprint density at radius 3 is 2.59 bits per heavy atom. The fraction of sp³-hybridized carbons (Fsp3) is 0.600. The van der Waals surface area contributed by atoms with Crippen LogP contribution in [-0.4, -0.2) is 46.4 Å². The van der Waals surface area contributed by atoms with Gasteiger partial charge in [0.1, 0.15) is 23.5 Å². The second-order valence-corrected chi connectivity index (χ2v) is 8.39. The Balaban J connectivity index is 2.19. The molecule has 1 heterocycles. The summed E-state index contributed by atoms with van der Waals surface area (Å²) in [6.45, 7) is 9.56. The monoisotopic (exact) mass is 397 g/mol. The number of carbonyl (C=O) groups is 2. The maximum absolute atomic E-state index is 12.4. The van der Waals surface area contributed by atoms with Crippen molar-refractivity contribution in [2.24, 2.45) is 0 Å². The number of hydrogen-bond acceptors (Lipinski definition) is 4. The Labute approximate surface area is 165 Å². The first kappa shape index (κ1) is 21.4. The summed E-state index contributed by atoms with van der Waals surface area (Å²) in [5, 5.41) is 10.1. The van der Waals surface area contributed by atoms with E-state index in [1.807, 2.05) is 6.07 Å². The zero-order valence-corrected chi connectivity index (χ0v) is 17.2. The second kappa shape index (κ2) is 8.38. The summed E-state index contributed by atoms with van der Waals surface area (Å²) < 4.78 is 11.5. The van der Waals surface area contributed by atoms with Crippen molar-refractivity contribution in [1.29, 1.82) is 0 Å². The van der Waals surface area contributed by atoms with Crippen LogP contribution in [0.25, 0.3) is 0 Å². The zero-order chi connectivity index (χ0) is 20.4. The molecule has 7 heteroatoms. The minimum atomic E-state index is -1.06. The lowest BCUT2D eigenvalue weighted by Gasteiger charge is -2.26. The predicted molar refractivity (Wildman–Crippen MR) is 104 cm³/mol. The first-order valence-corrected chi connectivity index (χ1v) is 9.58. The van der Waals surface area contributed by atoms with Crippen molar-refractivity contribution in [2.75, 3.05) is 6.54 Å². The number of amides is 1. The maximum Gasteiger partial charge on any atom is 0.411 e. The lowest BCUT2D eigenvalue weighted by molar-refractivity contribution is -0.142. The van der Waals surface area contributed by atoms with Crippen LogP contribution in [0.15, 0.2) is 18.2 Å². The van der Waals surface area contributed by atoms with Gasteiger partial charge in [-0.1, -0.05) is 25.4 Å². The summed E-state index contributed by atoms with van der Waals surface area (Å²) in [7, 11) is 0. The summed E-state index contributed by atoms with van der Waals surface area (Å²) in [6, 6.07) is 4.46. The number of benzene rings is 1. The Morgan fingerprint density at radius 2 is 2.04 bits per heavy atom. The highest BCUT2D eigenvalue weighted by Gasteiger charge is 2.42. The van der Waals surface area contributed by atoms with E-state index in [-0.39, 0.29) is 18.9 Å². The lowest BCUT2D eigenvalue weighted by atomic mass is 9.97. The number of hydrogen-bond donors (Lipinski definition) is 1. The average Bonchev–Trinajstić information content (AvgIpc) is 2.98. The van der Waals surface area contributed by atoms with Gasteiger partial charge in [-0.3, -0.25) is 4.90 Å². The summed E-state index contributed by atoms with van der Waals surface area (Å²) in [5.41, 5.74) is 0.284. The van der Waals surface area contributed by atoms with Gasteiger partial charge in [0.2, 0.25) is 0 Å². The van der Waals surface area contributed by atoms with E-state index in [1.54, 1.807) is 32.9 Å². The van der Waals surface area contributed by atoms with Gasteiger partial charge in [-0.2, -0.15) is 0 Å². The Kier molecular flexibility index (Phi) is 6.63. The van der Waals surface area contributed by atoms with Crippen LogP contribution in [0.1, 0.15) is 58.9 Å². The molecule has 3 atom stereocenters. The molecule has 0 bridgehead atoms. The molecule has 2 rings (SSSR count). The normalized spacial score (nSPS) is 21.0. The molecule has 1 amide bonds. The van der Waals surface area contributed by atoms with Crippen molar-refractivity contribution in [3.63, 3.8) is 0 Å². The lowest BCUT2D eigenvalue weighted by Crippen LogP contribution is -2.43. The van der Waals surface area contributed by atoms with E-state index in [0.29, 0.717) is 10.8 Å². The fourth-order valence-electron chi connectivity index (χ4n) is 3.05. The topological polar surface area (TPSA) is 76.1 Å². The molecule has 6 nitrogen and oxygen atoms in total. The second-order valence-electron chi connectivity index (χ2n) is 7.95.